The van der Waals surface area contributed by atoms with E-state index in [-0.39, 0.29) is 31.2 Å². The molecule has 7 rings (SSSR count). The smallest absolute Gasteiger partial charge is 0.427 e. The van der Waals surface area contributed by atoms with Crippen LogP contribution in [0, 0.1) is 17.8 Å². The van der Waals surface area contributed by atoms with E-state index in [0.717, 1.165) is 0 Å². The number of pyridine rings is 1. The van der Waals surface area contributed by atoms with Gasteiger partial charge in [-0.2, -0.15) is 13.2 Å². The second-order valence-corrected chi connectivity index (χ2v) is 19.7. The molecule has 3 aliphatic heterocycles. The number of rotatable bonds is 8. The van der Waals surface area contributed by atoms with Crippen molar-refractivity contribution in [2.75, 3.05) is 19.8 Å². The average molecular weight is 864 g/mol. The number of nitrogens with zero attached hydrogens (tertiary/aromatic N) is 2. The lowest BCUT2D eigenvalue weighted by atomic mass is 9.85. The van der Waals surface area contributed by atoms with Gasteiger partial charge < -0.3 is 34.5 Å². The summed E-state index contributed by atoms with van der Waals surface area (Å²) in [6.45, 7) is 7.18. The highest BCUT2D eigenvalue weighted by Gasteiger charge is 2.63. The molecular formula is C41H52F3N5O10S. The van der Waals surface area contributed by atoms with Crippen molar-refractivity contribution in [2.45, 2.75) is 126 Å². The van der Waals surface area contributed by atoms with Crippen LogP contribution in [0.3, 0.4) is 0 Å². The molecule has 3 fully saturated rings. The van der Waals surface area contributed by atoms with Crippen LogP contribution in [0.15, 0.2) is 36.5 Å². The van der Waals surface area contributed by atoms with Gasteiger partial charge in [0.1, 0.15) is 36.9 Å². The normalized spacial score (nSPS) is 29.8. The summed E-state index contributed by atoms with van der Waals surface area (Å²) in [6.07, 6.45) is 0.510. The first-order valence-electron chi connectivity index (χ1n) is 20.4. The zero-order valence-electron chi connectivity index (χ0n) is 34.2. The van der Waals surface area contributed by atoms with Gasteiger partial charge in [0.05, 0.1) is 11.3 Å². The number of halogens is 3. The van der Waals surface area contributed by atoms with Crippen LogP contribution >= 0.6 is 0 Å². The third kappa shape index (κ3) is 8.42. The molecular weight excluding hydrogens is 812 g/mol. The van der Waals surface area contributed by atoms with E-state index in [1.807, 2.05) is 13.0 Å². The van der Waals surface area contributed by atoms with Crippen molar-refractivity contribution >= 4 is 44.6 Å². The van der Waals surface area contributed by atoms with Gasteiger partial charge in [-0.05, 0) is 89.3 Å². The molecule has 328 valence electrons. The number of alkyl halides is 3. The Morgan fingerprint density at radius 2 is 1.82 bits per heavy atom. The first-order valence-corrected chi connectivity index (χ1v) is 21.9. The quantitative estimate of drug-likeness (QED) is 0.301. The number of amides is 4. The Morgan fingerprint density at radius 1 is 1.08 bits per heavy atom. The number of nitrogens with one attached hydrogen (secondary N) is 3. The highest BCUT2D eigenvalue weighted by Crippen LogP contribution is 2.48. The Labute approximate surface area is 346 Å². The lowest BCUT2D eigenvalue weighted by Crippen LogP contribution is -2.60. The average Bonchev–Trinajstić information content (AvgIpc) is 4.07. The minimum absolute atomic E-state index is 0.0380. The van der Waals surface area contributed by atoms with Crippen LogP contribution in [0.1, 0.15) is 86.0 Å². The minimum atomic E-state index is -4.92. The maximum Gasteiger partial charge on any atom is 0.427 e. The molecule has 1 saturated heterocycles. The van der Waals surface area contributed by atoms with Crippen LogP contribution in [0.2, 0.25) is 0 Å². The van der Waals surface area contributed by atoms with Gasteiger partial charge in [0.25, 0.3) is 5.91 Å². The number of fused-ring (bicyclic) bond motifs is 5. The van der Waals surface area contributed by atoms with Gasteiger partial charge in [-0.25, -0.2) is 18.2 Å². The first kappa shape index (κ1) is 43.3. The van der Waals surface area contributed by atoms with Crippen LogP contribution in [-0.4, -0.2) is 102 Å². The highest BCUT2D eigenvalue weighted by molar-refractivity contribution is 7.91. The molecule has 3 N–H and O–H groups in total. The summed E-state index contributed by atoms with van der Waals surface area (Å²) >= 11 is 0. The molecule has 5 aliphatic rings. The van der Waals surface area contributed by atoms with E-state index in [1.54, 1.807) is 31.2 Å². The fourth-order valence-electron chi connectivity index (χ4n) is 8.25. The van der Waals surface area contributed by atoms with Gasteiger partial charge in [0, 0.05) is 29.3 Å². The van der Waals surface area contributed by atoms with Gasteiger partial charge >= 0.3 is 12.3 Å². The predicted octanol–water partition coefficient (Wildman–Crippen LogP) is 5.07. The van der Waals surface area contributed by atoms with Gasteiger partial charge in [-0.1, -0.05) is 32.4 Å². The fraction of sp³-hybridized carbons (Fsp3) is 0.634. The molecule has 2 aliphatic carbocycles. The third-order valence-corrected chi connectivity index (χ3v) is 14.8. The minimum Gasteiger partial charge on any atom is -0.486 e. The van der Waals surface area contributed by atoms with Crippen molar-refractivity contribution in [1.29, 1.82) is 0 Å². The van der Waals surface area contributed by atoms with Crippen molar-refractivity contribution in [3.05, 3.63) is 36.5 Å². The standard InChI is InChI=1S/C41H52F3N5O10S/c1-6-24-19-23(2)9-7-8-10-25-21-40(25,36(52)48-60(54,55)39(5)14-15-39)47-33(50)29-20-26(22-49(29)35(51)31(24)46-37(53)59-38(3,4)41(42,43)44)58-34-28-11-12-30-32(57-18-17-56-30)27(28)13-16-45-34/h8,10-13,16,23-26,29,31H,6-7,9,14-15,17-22H2,1-5H3,(H,46,53)(H,47,50)(H,48,52)/b10-8-/t23-,24-,25-,26-,29+,31+,40-/m1/s1. The lowest BCUT2D eigenvalue weighted by molar-refractivity contribution is -0.244. The first-order chi connectivity index (χ1) is 28.2. The molecule has 1 aromatic heterocycles. The topological polar surface area (TPSA) is 192 Å². The Hall–Kier alpha value is -4.81. The van der Waals surface area contributed by atoms with E-state index in [9.17, 15) is 40.8 Å². The Kier molecular flexibility index (Phi) is 11.5. The van der Waals surface area contributed by atoms with E-state index in [1.165, 1.54) is 18.0 Å². The van der Waals surface area contributed by atoms with Crippen LogP contribution < -0.4 is 29.6 Å². The number of ether oxygens (including phenoxy) is 4. The Bertz CT molecular complexity index is 2180. The molecule has 4 amide bonds. The van der Waals surface area contributed by atoms with Crippen LogP contribution in [0.25, 0.3) is 10.8 Å². The number of allylic oxidation sites excluding steroid dienone is 1. The largest absolute Gasteiger partial charge is 0.486 e. The molecule has 4 heterocycles. The van der Waals surface area contributed by atoms with Gasteiger partial charge in [-0.3, -0.25) is 19.1 Å². The van der Waals surface area contributed by atoms with E-state index in [4.69, 9.17) is 18.9 Å². The van der Waals surface area contributed by atoms with Crippen LogP contribution in [0.5, 0.6) is 17.4 Å². The molecule has 2 saturated carbocycles. The lowest BCUT2D eigenvalue weighted by Gasteiger charge is -2.35. The van der Waals surface area contributed by atoms with Crippen molar-refractivity contribution in [2.24, 2.45) is 17.8 Å². The molecule has 0 radical (unpaired) electrons. The molecule has 19 heteroatoms. The molecule has 60 heavy (non-hydrogen) atoms. The Morgan fingerprint density at radius 3 is 2.52 bits per heavy atom. The second-order valence-electron chi connectivity index (χ2n) is 17.5. The summed E-state index contributed by atoms with van der Waals surface area (Å²) < 4.78 is 91.9. The fourth-order valence-corrected chi connectivity index (χ4v) is 9.56. The van der Waals surface area contributed by atoms with E-state index in [2.05, 4.69) is 20.3 Å². The number of alkyl carbamates (subject to hydrolysis) is 1. The maximum absolute atomic E-state index is 14.9. The monoisotopic (exact) mass is 863 g/mol. The summed E-state index contributed by atoms with van der Waals surface area (Å²) in [7, 11) is -4.09. The molecule has 0 spiro atoms. The van der Waals surface area contributed by atoms with E-state index < -0.39 is 85.9 Å². The number of carbonyl (C=O) groups is 4. The number of benzene rings is 1. The molecule has 2 aromatic rings. The zero-order chi connectivity index (χ0) is 43.4. The highest BCUT2D eigenvalue weighted by atomic mass is 32.2. The van der Waals surface area contributed by atoms with Crippen LogP contribution in [-0.2, 0) is 29.1 Å². The number of sulfonamides is 1. The molecule has 0 unspecified atom stereocenters. The Balaban J connectivity index is 1.24. The van der Waals surface area contributed by atoms with Gasteiger partial charge in [-0.15, -0.1) is 0 Å². The number of hydrogen-bond acceptors (Lipinski definition) is 11. The summed E-state index contributed by atoms with van der Waals surface area (Å²) in [5.41, 5.74) is -4.54. The molecule has 7 atom stereocenters. The number of aromatic nitrogens is 1. The summed E-state index contributed by atoms with van der Waals surface area (Å²) in [5.74, 6) is -2.42. The number of carbonyl (C=O) groups excluding carboxylic acids is 4. The summed E-state index contributed by atoms with van der Waals surface area (Å²) in [6, 6.07) is 2.44. The SMILES string of the molecule is CC[C@@H]1C[C@H](C)CC/C=C\[C@@H]2C[C@@]2(C(=O)NS(=O)(=O)C2(C)CC2)NC(=O)[C@@H]2C[C@@H](Oc3nccc4c5c(ccc34)OCCO5)CN2C(=O)[C@H]1NC(=O)OC(C)(C)C(F)(F)F. The molecule has 0 bridgehead atoms. The summed E-state index contributed by atoms with van der Waals surface area (Å²) in [4.78, 5) is 62.4. The second kappa shape index (κ2) is 15.9. The van der Waals surface area contributed by atoms with Crippen LogP contribution in [0.4, 0.5) is 18.0 Å². The van der Waals surface area contributed by atoms with Crippen molar-refractivity contribution in [1.82, 2.24) is 25.2 Å². The van der Waals surface area contributed by atoms with Gasteiger partial charge in [0.15, 0.2) is 11.5 Å². The predicted molar refractivity (Wildman–Crippen MR) is 210 cm³/mol. The van der Waals surface area contributed by atoms with Crippen molar-refractivity contribution in [3.8, 4) is 17.4 Å². The van der Waals surface area contributed by atoms with E-state index in [0.29, 0.717) is 87.9 Å². The van der Waals surface area contributed by atoms with Crippen molar-refractivity contribution in [3.63, 3.8) is 0 Å². The third-order valence-electron chi connectivity index (χ3n) is 12.6. The molecule has 15 nitrogen and oxygen atoms in total. The van der Waals surface area contributed by atoms with Crippen molar-refractivity contribution < 1.29 is 59.7 Å². The zero-order valence-corrected chi connectivity index (χ0v) is 35.0. The maximum atomic E-state index is 14.9. The number of hydrogen-bond donors (Lipinski definition) is 3. The van der Waals surface area contributed by atoms with Gasteiger partial charge in [0.2, 0.25) is 33.3 Å². The summed E-state index contributed by atoms with van der Waals surface area (Å²) in [5, 5.41) is 6.46. The molecule has 1 aromatic carbocycles. The van der Waals surface area contributed by atoms with E-state index >= 15 is 0 Å².